The maximum Gasteiger partial charge on any atom is 0.270 e. The van der Waals surface area contributed by atoms with E-state index in [4.69, 9.17) is 21.1 Å². The third kappa shape index (κ3) is 4.10. The van der Waals surface area contributed by atoms with Crippen LogP contribution >= 0.6 is 11.6 Å². The first kappa shape index (κ1) is 19.0. The molecular formula is C23H20ClN3O2. The molecule has 2 aromatic carbocycles. The molecule has 0 aliphatic heterocycles. The summed E-state index contributed by atoms with van der Waals surface area (Å²) in [6.07, 6.45) is 1.58. The van der Waals surface area contributed by atoms with Crippen molar-refractivity contribution >= 4 is 17.5 Å². The molecule has 2 heterocycles. The lowest BCUT2D eigenvalue weighted by Gasteiger charge is -2.08. The van der Waals surface area contributed by atoms with Gasteiger partial charge in [0.2, 0.25) is 0 Å². The van der Waals surface area contributed by atoms with Gasteiger partial charge in [0.15, 0.2) is 0 Å². The Morgan fingerprint density at radius 2 is 1.86 bits per heavy atom. The van der Waals surface area contributed by atoms with Gasteiger partial charge in [0, 0.05) is 10.6 Å². The average Bonchev–Trinajstić information content (AvgIpc) is 3.39. The SMILES string of the molecule is Cc1ccc(-c2cc(C(=O)NCc3ccco3)n(-c3ccc(Cl)cc3)n2)cc1C. The number of furan rings is 1. The Hall–Kier alpha value is -3.31. The van der Waals surface area contributed by atoms with Gasteiger partial charge in [0.1, 0.15) is 11.5 Å². The van der Waals surface area contributed by atoms with E-state index in [-0.39, 0.29) is 5.91 Å². The van der Waals surface area contributed by atoms with E-state index in [0.717, 1.165) is 16.9 Å². The Morgan fingerprint density at radius 3 is 2.55 bits per heavy atom. The number of hydrogen-bond acceptors (Lipinski definition) is 3. The standard InChI is InChI=1S/C23H20ClN3O2/c1-15-5-6-17(12-16(15)2)21-13-22(23(28)25-14-20-4-3-11-29-20)27(26-21)19-9-7-18(24)8-10-19/h3-13H,14H2,1-2H3,(H,25,28). The number of benzene rings is 2. The molecule has 1 N–H and O–H groups in total. The van der Waals surface area contributed by atoms with E-state index < -0.39 is 0 Å². The molecule has 0 atom stereocenters. The monoisotopic (exact) mass is 405 g/mol. The van der Waals surface area contributed by atoms with Gasteiger partial charge in [-0.15, -0.1) is 0 Å². The van der Waals surface area contributed by atoms with Crippen LogP contribution in [0.2, 0.25) is 5.02 Å². The summed E-state index contributed by atoms with van der Waals surface area (Å²) in [6.45, 7) is 4.43. The predicted octanol–water partition coefficient (Wildman–Crippen LogP) is 5.33. The highest BCUT2D eigenvalue weighted by Gasteiger charge is 2.18. The van der Waals surface area contributed by atoms with Crippen LogP contribution in [0.5, 0.6) is 0 Å². The highest BCUT2D eigenvalue weighted by atomic mass is 35.5. The topological polar surface area (TPSA) is 60.1 Å². The maximum atomic E-state index is 12.9. The molecule has 4 aromatic rings. The largest absolute Gasteiger partial charge is 0.467 e. The maximum absolute atomic E-state index is 12.9. The van der Waals surface area contributed by atoms with Gasteiger partial charge < -0.3 is 9.73 Å². The van der Waals surface area contributed by atoms with Gasteiger partial charge in [-0.2, -0.15) is 5.10 Å². The summed E-state index contributed by atoms with van der Waals surface area (Å²) >= 11 is 6.02. The molecule has 6 heteroatoms. The lowest BCUT2D eigenvalue weighted by Crippen LogP contribution is -2.25. The highest BCUT2D eigenvalue weighted by molar-refractivity contribution is 6.30. The molecule has 0 aliphatic rings. The predicted molar refractivity (Wildman–Crippen MR) is 113 cm³/mol. The van der Waals surface area contributed by atoms with E-state index in [2.05, 4.69) is 31.3 Å². The van der Waals surface area contributed by atoms with Crippen molar-refractivity contribution in [1.29, 1.82) is 0 Å². The minimum atomic E-state index is -0.237. The fourth-order valence-electron chi connectivity index (χ4n) is 3.03. The van der Waals surface area contributed by atoms with E-state index in [1.54, 1.807) is 35.2 Å². The zero-order valence-corrected chi connectivity index (χ0v) is 16.9. The zero-order chi connectivity index (χ0) is 20.4. The molecule has 0 aliphatic carbocycles. The average molecular weight is 406 g/mol. The van der Waals surface area contributed by atoms with Crippen LogP contribution in [-0.4, -0.2) is 15.7 Å². The number of halogens is 1. The van der Waals surface area contributed by atoms with Gasteiger partial charge in [-0.25, -0.2) is 4.68 Å². The second-order valence-electron chi connectivity index (χ2n) is 6.86. The Kier molecular flexibility index (Phi) is 5.23. The fourth-order valence-corrected chi connectivity index (χ4v) is 3.16. The van der Waals surface area contributed by atoms with Gasteiger partial charge in [-0.1, -0.05) is 23.7 Å². The van der Waals surface area contributed by atoms with Crippen molar-refractivity contribution < 1.29 is 9.21 Å². The molecule has 29 heavy (non-hydrogen) atoms. The van der Waals surface area contributed by atoms with Gasteiger partial charge in [-0.3, -0.25) is 4.79 Å². The van der Waals surface area contributed by atoms with E-state index in [9.17, 15) is 4.79 Å². The fraction of sp³-hybridized carbons (Fsp3) is 0.130. The number of carbonyl (C=O) groups excluding carboxylic acids is 1. The number of rotatable bonds is 5. The summed E-state index contributed by atoms with van der Waals surface area (Å²) in [5, 5.41) is 8.22. The molecule has 0 fully saturated rings. The molecule has 5 nitrogen and oxygen atoms in total. The number of hydrogen-bond donors (Lipinski definition) is 1. The first-order chi connectivity index (χ1) is 14.0. The molecule has 0 unspecified atom stereocenters. The van der Waals surface area contributed by atoms with Crippen molar-refractivity contribution in [3.63, 3.8) is 0 Å². The number of aryl methyl sites for hydroxylation is 2. The van der Waals surface area contributed by atoms with Crippen LogP contribution in [-0.2, 0) is 6.54 Å². The van der Waals surface area contributed by atoms with Gasteiger partial charge in [0.25, 0.3) is 5.91 Å². The summed E-state index contributed by atoms with van der Waals surface area (Å²) in [7, 11) is 0. The van der Waals surface area contributed by atoms with Gasteiger partial charge in [0.05, 0.1) is 24.2 Å². The second-order valence-corrected chi connectivity index (χ2v) is 7.30. The van der Waals surface area contributed by atoms with Crippen LogP contribution < -0.4 is 5.32 Å². The van der Waals surface area contributed by atoms with Crippen LogP contribution in [0.4, 0.5) is 0 Å². The van der Waals surface area contributed by atoms with Gasteiger partial charge in [-0.05, 0) is 73.5 Å². The van der Waals surface area contributed by atoms with Crippen molar-refractivity contribution in [1.82, 2.24) is 15.1 Å². The Balaban J connectivity index is 1.72. The van der Waals surface area contributed by atoms with E-state index in [1.807, 2.05) is 24.3 Å². The quantitative estimate of drug-likeness (QED) is 0.488. The summed E-state index contributed by atoms with van der Waals surface area (Å²) in [6, 6.07) is 18.8. The molecular weight excluding hydrogens is 386 g/mol. The zero-order valence-electron chi connectivity index (χ0n) is 16.1. The van der Waals surface area contributed by atoms with Crippen molar-refractivity contribution in [3.05, 3.63) is 94.5 Å². The minimum absolute atomic E-state index is 0.237. The molecule has 0 saturated heterocycles. The summed E-state index contributed by atoms with van der Waals surface area (Å²) in [5.41, 5.74) is 5.27. The second kappa shape index (κ2) is 7.97. The third-order valence-electron chi connectivity index (χ3n) is 4.82. The lowest BCUT2D eigenvalue weighted by atomic mass is 10.0. The van der Waals surface area contributed by atoms with Gasteiger partial charge >= 0.3 is 0 Å². The number of amides is 1. The summed E-state index contributed by atoms with van der Waals surface area (Å²) in [4.78, 5) is 12.9. The highest BCUT2D eigenvalue weighted by Crippen LogP contribution is 2.24. The minimum Gasteiger partial charge on any atom is -0.467 e. The molecule has 0 saturated carbocycles. The molecule has 0 bridgehead atoms. The smallest absolute Gasteiger partial charge is 0.270 e. The van der Waals surface area contributed by atoms with Crippen molar-refractivity contribution in [2.45, 2.75) is 20.4 Å². The molecule has 146 valence electrons. The first-order valence-corrected chi connectivity index (χ1v) is 9.63. The summed E-state index contributed by atoms with van der Waals surface area (Å²) in [5.74, 6) is 0.448. The normalized spacial score (nSPS) is 10.9. The number of nitrogens with one attached hydrogen (secondary N) is 1. The van der Waals surface area contributed by atoms with Crippen molar-refractivity contribution in [2.24, 2.45) is 0 Å². The van der Waals surface area contributed by atoms with Crippen LogP contribution in [0, 0.1) is 13.8 Å². The van der Waals surface area contributed by atoms with Crippen molar-refractivity contribution in [2.75, 3.05) is 0 Å². The Morgan fingerprint density at radius 1 is 1.07 bits per heavy atom. The number of nitrogens with zero attached hydrogens (tertiary/aromatic N) is 2. The first-order valence-electron chi connectivity index (χ1n) is 9.25. The van der Waals surface area contributed by atoms with Crippen molar-refractivity contribution in [3.8, 4) is 16.9 Å². The van der Waals surface area contributed by atoms with E-state index >= 15 is 0 Å². The number of carbonyl (C=O) groups is 1. The molecule has 0 radical (unpaired) electrons. The lowest BCUT2D eigenvalue weighted by molar-refractivity contribution is 0.0940. The summed E-state index contributed by atoms with van der Waals surface area (Å²) < 4.78 is 6.93. The van der Waals surface area contributed by atoms with E-state index in [0.29, 0.717) is 23.0 Å². The van der Waals surface area contributed by atoms with Crippen LogP contribution in [0.25, 0.3) is 16.9 Å². The number of aromatic nitrogens is 2. The Labute approximate surface area is 173 Å². The molecule has 2 aromatic heterocycles. The van der Waals surface area contributed by atoms with Crippen LogP contribution in [0.15, 0.2) is 71.3 Å². The molecule has 4 rings (SSSR count). The third-order valence-corrected chi connectivity index (χ3v) is 5.07. The molecule has 0 spiro atoms. The van der Waals surface area contributed by atoms with Crippen LogP contribution in [0.1, 0.15) is 27.4 Å². The molecule has 1 amide bonds. The van der Waals surface area contributed by atoms with Crippen LogP contribution in [0.3, 0.4) is 0 Å². The van der Waals surface area contributed by atoms with E-state index in [1.165, 1.54) is 11.1 Å². The Bertz CT molecular complexity index is 1150.